The van der Waals surface area contributed by atoms with Gasteiger partial charge in [0.1, 0.15) is 0 Å². The number of aryl methyl sites for hydroxylation is 1. The van der Waals surface area contributed by atoms with Crippen LogP contribution in [0.1, 0.15) is 16.2 Å². The SMILES string of the molecule is Cc1nc(SCC(=O)c2ccc(Br)cc2)c([N+](=O)[O-])[nH]1. The van der Waals surface area contributed by atoms with Gasteiger partial charge < -0.3 is 10.1 Å². The third-order valence-corrected chi connectivity index (χ3v) is 3.95. The molecule has 0 aliphatic carbocycles. The Bertz CT molecular complexity index is 654. The molecule has 1 aromatic heterocycles. The van der Waals surface area contributed by atoms with Gasteiger partial charge in [-0.15, -0.1) is 0 Å². The zero-order valence-corrected chi connectivity index (χ0v) is 12.8. The molecule has 1 heterocycles. The van der Waals surface area contributed by atoms with E-state index in [9.17, 15) is 14.9 Å². The first-order valence-electron chi connectivity index (χ1n) is 5.60. The Hall–Kier alpha value is -1.67. The first-order chi connectivity index (χ1) is 9.47. The van der Waals surface area contributed by atoms with Crippen LogP contribution in [0.2, 0.25) is 0 Å². The number of thioether (sulfide) groups is 1. The van der Waals surface area contributed by atoms with Crippen molar-refractivity contribution < 1.29 is 9.72 Å². The van der Waals surface area contributed by atoms with Gasteiger partial charge in [-0.05, 0) is 17.1 Å². The van der Waals surface area contributed by atoms with Gasteiger partial charge in [-0.1, -0.05) is 39.8 Å². The maximum Gasteiger partial charge on any atom is 0.354 e. The first-order valence-corrected chi connectivity index (χ1v) is 7.38. The average Bonchev–Trinajstić information content (AvgIpc) is 2.78. The van der Waals surface area contributed by atoms with Gasteiger partial charge in [-0.25, -0.2) is 4.98 Å². The van der Waals surface area contributed by atoms with Crippen molar-refractivity contribution in [1.29, 1.82) is 0 Å². The predicted molar refractivity (Wildman–Crippen MR) is 79.2 cm³/mol. The van der Waals surface area contributed by atoms with Crippen molar-refractivity contribution in [2.75, 3.05) is 5.75 Å². The van der Waals surface area contributed by atoms with Crippen molar-refractivity contribution in [1.82, 2.24) is 9.97 Å². The molecule has 0 spiro atoms. The minimum atomic E-state index is -0.535. The molecule has 0 amide bonds. The molecule has 0 bridgehead atoms. The molecular formula is C12H10BrN3O3S. The first kappa shape index (κ1) is 14.7. The van der Waals surface area contributed by atoms with Crippen molar-refractivity contribution in [2.45, 2.75) is 11.9 Å². The predicted octanol–water partition coefficient (Wildman–Crippen LogP) is 3.36. The highest BCUT2D eigenvalue weighted by atomic mass is 79.9. The van der Waals surface area contributed by atoms with E-state index >= 15 is 0 Å². The molecule has 1 N–H and O–H groups in total. The summed E-state index contributed by atoms with van der Waals surface area (Å²) in [4.78, 5) is 28.8. The molecule has 0 aliphatic rings. The molecule has 0 atom stereocenters. The molecule has 0 unspecified atom stereocenters. The number of halogens is 1. The van der Waals surface area contributed by atoms with E-state index in [0.29, 0.717) is 11.4 Å². The number of carbonyl (C=O) groups excluding carboxylic acids is 1. The fraction of sp³-hybridized carbons (Fsp3) is 0.167. The molecule has 0 radical (unpaired) electrons. The minimum absolute atomic E-state index is 0.0996. The lowest BCUT2D eigenvalue weighted by Gasteiger charge is -2.00. The summed E-state index contributed by atoms with van der Waals surface area (Å²) in [6, 6.07) is 6.96. The number of nitrogens with one attached hydrogen (secondary N) is 1. The topological polar surface area (TPSA) is 88.9 Å². The van der Waals surface area contributed by atoms with Gasteiger partial charge in [0.15, 0.2) is 16.6 Å². The molecule has 8 heteroatoms. The molecular weight excluding hydrogens is 346 g/mol. The van der Waals surface area contributed by atoms with Crippen molar-refractivity contribution in [3.05, 3.63) is 50.2 Å². The molecule has 2 rings (SSSR count). The summed E-state index contributed by atoms with van der Waals surface area (Å²) in [5.74, 6) is 0.288. The largest absolute Gasteiger partial charge is 0.358 e. The third-order valence-electron chi connectivity index (χ3n) is 2.46. The standard InChI is InChI=1S/C12H10BrN3O3S/c1-7-14-11(16(18)19)12(15-7)20-6-10(17)8-2-4-9(13)5-3-8/h2-5H,6H2,1H3,(H,14,15). The van der Waals surface area contributed by atoms with Crippen LogP contribution in [0, 0.1) is 17.0 Å². The number of nitrogens with zero attached hydrogens (tertiary/aromatic N) is 2. The van der Waals surface area contributed by atoms with E-state index in [1.165, 1.54) is 0 Å². The normalized spacial score (nSPS) is 10.5. The van der Waals surface area contributed by atoms with Crippen LogP contribution in [0.4, 0.5) is 5.82 Å². The van der Waals surface area contributed by atoms with Gasteiger partial charge in [-0.3, -0.25) is 4.79 Å². The fourth-order valence-electron chi connectivity index (χ4n) is 1.54. The Morgan fingerprint density at radius 1 is 1.45 bits per heavy atom. The molecule has 0 aliphatic heterocycles. The van der Waals surface area contributed by atoms with E-state index in [0.717, 1.165) is 16.2 Å². The molecule has 104 valence electrons. The Morgan fingerprint density at radius 2 is 2.10 bits per heavy atom. The summed E-state index contributed by atoms with van der Waals surface area (Å²) in [6.07, 6.45) is 0. The molecule has 0 fully saturated rings. The van der Waals surface area contributed by atoms with Crippen molar-refractivity contribution in [2.24, 2.45) is 0 Å². The molecule has 6 nitrogen and oxygen atoms in total. The van der Waals surface area contributed by atoms with E-state index in [1.807, 2.05) is 0 Å². The van der Waals surface area contributed by atoms with Crippen LogP contribution in [-0.4, -0.2) is 26.4 Å². The van der Waals surface area contributed by atoms with Crippen molar-refractivity contribution in [3.8, 4) is 0 Å². The molecule has 2 aromatic rings. The van der Waals surface area contributed by atoms with Gasteiger partial charge in [-0.2, -0.15) is 4.98 Å². The highest BCUT2D eigenvalue weighted by molar-refractivity contribution is 9.10. The summed E-state index contributed by atoms with van der Waals surface area (Å²) >= 11 is 4.35. The fourth-order valence-corrected chi connectivity index (χ4v) is 2.70. The maximum absolute atomic E-state index is 12.0. The second-order valence-corrected chi connectivity index (χ2v) is 5.83. The zero-order chi connectivity index (χ0) is 14.7. The van der Waals surface area contributed by atoms with Gasteiger partial charge in [0, 0.05) is 17.0 Å². The quantitative estimate of drug-likeness (QED) is 0.384. The molecule has 0 saturated heterocycles. The van der Waals surface area contributed by atoms with Crippen LogP contribution >= 0.6 is 27.7 Å². The number of nitro groups is 1. The Balaban J connectivity index is 2.07. The van der Waals surface area contributed by atoms with Crippen LogP contribution in [0.15, 0.2) is 33.8 Å². The number of rotatable bonds is 5. The smallest absolute Gasteiger partial charge is 0.354 e. The second kappa shape index (κ2) is 6.19. The van der Waals surface area contributed by atoms with Gasteiger partial charge >= 0.3 is 5.82 Å². The monoisotopic (exact) mass is 355 g/mol. The Kier molecular flexibility index (Phi) is 4.56. The summed E-state index contributed by atoms with van der Waals surface area (Å²) in [5.41, 5.74) is 0.565. The zero-order valence-electron chi connectivity index (χ0n) is 10.4. The lowest BCUT2D eigenvalue weighted by atomic mass is 10.2. The number of ketones is 1. The lowest BCUT2D eigenvalue weighted by Crippen LogP contribution is -2.02. The highest BCUT2D eigenvalue weighted by Crippen LogP contribution is 2.27. The average molecular weight is 356 g/mol. The second-order valence-electron chi connectivity index (χ2n) is 3.95. The number of benzene rings is 1. The molecule has 20 heavy (non-hydrogen) atoms. The number of Topliss-reactive ketones (excluding diaryl/α,β-unsaturated/α-hetero) is 1. The van der Waals surface area contributed by atoms with Gasteiger partial charge in [0.25, 0.3) is 0 Å². The van der Waals surface area contributed by atoms with Crippen LogP contribution in [0.5, 0.6) is 0 Å². The summed E-state index contributed by atoms with van der Waals surface area (Å²) in [7, 11) is 0. The minimum Gasteiger partial charge on any atom is -0.358 e. The number of hydrogen-bond acceptors (Lipinski definition) is 5. The lowest BCUT2D eigenvalue weighted by molar-refractivity contribution is -0.392. The van der Waals surface area contributed by atoms with E-state index in [1.54, 1.807) is 31.2 Å². The number of imidazole rings is 1. The number of hydrogen-bond donors (Lipinski definition) is 1. The van der Waals surface area contributed by atoms with Crippen molar-refractivity contribution >= 4 is 39.3 Å². The molecule has 0 saturated carbocycles. The Labute approximate surface area is 127 Å². The van der Waals surface area contributed by atoms with E-state index in [4.69, 9.17) is 0 Å². The van der Waals surface area contributed by atoms with Crippen LogP contribution < -0.4 is 0 Å². The highest BCUT2D eigenvalue weighted by Gasteiger charge is 2.19. The third kappa shape index (κ3) is 3.45. The van der Waals surface area contributed by atoms with Crippen molar-refractivity contribution in [3.63, 3.8) is 0 Å². The number of carbonyl (C=O) groups is 1. The van der Waals surface area contributed by atoms with Gasteiger partial charge in [0.2, 0.25) is 0 Å². The van der Waals surface area contributed by atoms with Crippen LogP contribution in [0.25, 0.3) is 0 Å². The van der Waals surface area contributed by atoms with E-state index < -0.39 is 4.92 Å². The number of H-pyrrole nitrogens is 1. The summed E-state index contributed by atoms with van der Waals surface area (Å²) in [6.45, 7) is 1.63. The number of aromatic amines is 1. The maximum atomic E-state index is 12.0. The van der Waals surface area contributed by atoms with Gasteiger partial charge in [0.05, 0.1) is 5.75 Å². The Morgan fingerprint density at radius 3 is 2.70 bits per heavy atom. The summed E-state index contributed by atoms with van der Waals surface area (Å²) in [5, 5.41) is 11.1. The van der Waals surface area contributed by atoms with Crippen LogP contribution in [0.3, 0.4) is 0 Å². The molecule has 1 aromatic carbocycles. The number of aromatic nitrogens is 2. The van der Waals surface area contributed by atoms with E-state index in [-0.39, 0.29) is 22.4 Å². The van der Waals surface area contributed by atoms with Crippen LogP contribution in [-0.2, 0) is 0 Å². The van der Waals surface area contributed by atoms with E-state index in [2.05, 4.69) is 25.9 Å². The summed E-state index contributed by atoms with van der Waals surface area (Å²) < 4.78 is 0.889.